The summed E-state index contributed by atoms with van der Waals surface area (Å²) in [7, 11) is 0. The Balaban J connectivity index is 1.90. The van der Waals surface area contributed by atoms with Crippen molar-refractivity contribution in [3.05, 3.63) is 30.1 Å². The summed E-state index contributed by atoms with van der Waals surface area (Å²) in [6.07, 6.45) is -0.647. The summed E-state index contributed by atoms with van der Waals surface area (Å²) >= 11 is 0. The van der Waals surface area contributed by atoms with Gasteiger partial charge in [0.15, 0.2) is 6.10 Å². The molecule has 1 amide bonds. The SMILES string of the molecule is CC(Oc1ccc(F)cc1)C(=O)N1CC(C)(O)C1. The van der Waals surface area contributed by atoms with Crippen molar-refractivity contribution in [1.82, 2.24) is 4.90 Å². The van der Waals surface area contributed by atoms with Crippen LogP contribution >= 0.6 is 0 Å². The smallest absolute Gasteiger partial charge is 0.263 e. The van der Waals surface area contributed by atoms with E-state index in [1.807, 2.05) is 0 Å². The zero-order valence-electron chi connectivity index (χ0n) is 10.4. The molecule has 1 aliphatic heterocycles. The van der Waals surface area contributed by atoms with Crippen LogP contribution in [0.3, 0.4) is 0 Å². The zero-order valence-corrected chi connectivity index (χ0v) is 10.4. The van der Waals surface area contributed by atoms with Gasteiger partial charge in [-0.3, -0.25) is 4.79 Å². The van der Waals surface area contributed by atoms with Crippen LogP contribution in [0.4, 0.5) is 4.39 Å². The molecule has 0 bridgehead atoms. The summed E-state index contributed by atoms with van der Waals surface area (Å²) < 4.78 is 18.1. The van der Waals surface area contributed by atoms with E-state index in [0.717, 1.165) is 0 Å². The molecule has 98 valence electrons. The molecule has 1 heterocycles. The monoisotopic (exact) mass is 253 g/mol. The van der Waals surface area contributed by atoms with Crippen molar-refractivity contribution >= 4 is 5.91 Å². The lowest BCUT2D eigenvalue weighted by Crippen LogP contribution is -2.63. The van der Waals surface area contributed by atoms with E-state index in [1.165, 1.54) is 29.2 Å². The van der Waals surface area contributed by atoms with Gasteiger partial charge >= 0.3 is 0 Å². The van der Waals surface area contributed by atoms with Crippen molar-refractivity contribution in [3.63, 3.8) is 0 Å². The first-order chi connectivity index (χ1) is 8.37. The number of β-amino-alcohol motifs (C(OH)–C–C–N with tert-alkyl or cyclic N) is 1. The number of ether oxygens (including phenoxy) is 1. The van der Waals surface area contributed by atoms with Crippen LogP contribution < -0.4 is 4.74 Å². The molecule has 4 nitrogen and oxygen atoms in total. The number of rotatable bonds is 3. The van der Waals surface area contributed by atoms with Gasteiger partial charge in [-0.2, -0.15) is 0 Å². The summed E-state index contributed by atoms with van der Waals surface area (Å²) in [5.74, 6) is -0.0736. The van der Waals surface area contributed by atoms with Gasteiger partial charge in [0.1, 0.15) is 11.6 Å². The minimum absolute atomic E-state index is 0.175. The number of halogens is 1. The van der Waals surface area contributed by atoms with Gasteiger partial charge in [-0.25, -0.2) is 4.39 Å². The summed E-state index contributed by atoms with van der Waals surface area (Å²) in [4.78, 5) is 13.4. The molecule has 2 rings (SSSR count). The molecule has 1 N–H and O–H groups in total. The number of carbonyl (C=O) groups is 1. The number of amides is 1. The van der Waals surface area contributed by atoms with Gasteiger partial charge in [0.05, 0.1) is 18.7 Å². The fourth-order valence-electron chi connectivity index (χ4n) is 1.96. The van der Waals surface area contributed by atoms with Gasteiger partial charge in [0, 0.05) is 0 Å². The molecule has 0 spiro atoms. The van der Waals surface area contributed by atoms with Crippen LogP contribution in [0.5, 0.6) is 5.75 Å². The van der Waals surface area contributed by atoms with Crippen molar-refractivity contribution in [3.8, 4) is 5.75 Å². The molecule has 1 fully saturated rings. The molecule has 5 heteroatoms. The first-order valence-corrected chi connectivity index (χ1v) is 5.81. The second-order valence-electron chi connectivity index (χ2n) is 4.91. The second-order valence-corrected chi connectivity index (χ2v) is 4.91. The van der Waals surface area contributed by atoms with Crippen LogP contribution in [0.1, 0.15) is 13.8 Å². The van der Waals surface area contributed by atoms with E-state index in [9.17, 15) is 14.3 Å². The zero-order chi connectivity index (χ0) is 13.3. The van der Waals surface area contributed by atoms with E-state index in [1.54, 1.807) is 13.8 Å². The molecular weight excluding hydrogens is 237 g/mol. The van der Waals surface area contributed by atoms with Gasteiger partial charge in [-0.15, -0.1) is 0 Å². The van der Waals surface area contributed by atoms with Gasteiger partial charge in [0.2, 0.25) is 0 Å². The normalized spacial score (nSPS) is 19.0. The molecule has 1 saturated heterocycles. The Kier molecular flexibility index (Phi) is 3.26. The van der Waals surface area contributed by atoms with Gasteiger partial charge < -0.3 is 14.7 Å². The van der Waals surface area contributed by atoms with Gasteiger partial charge in [-0.1, -0.05) is 0 Å². The highest BCUT2D eigenvalue weighted by atomic mass is 19.1. The van der Waals surface area contributed by atoms with Crippen LogP contribution in [0.15, 0.2) is 24.3 Å². The summed E-state index contributed by atoms with van der Waals surface area (Å²) in [6.45, 7) is 3.97. The first kappa shape index (κ1) is 12.8. The highest BCUT2D eigenvalue weighted by Crippen LogP contribution is 2.22. The molecule has 1 unspecified atom stereocenters. The average molecular weight is 253 g/mol. The van der Waals surface area contributed by atoms with E-state index in [2.05, 4.69) is 0 Å². The van der Waals surface area contributed by atoms with Crippen LogP contribution in [-0.4, -0.2) is 40.7 Å². The number of benzene rings is 1. The largest absolute Gasteiger partial charge is 0.481 e. The van der Waals surface area contributed by atoms with Crippen molar-refractivity contribution in [1.29, 1.82) is 0 Å². The van der Waals surface area contributed by atoms with Crippen LogP contribution in [0.2, 0.25) is 0 Å². The molecule has 1 atom stereocenters. The highest BCUT2D eigenvalue weighted by Gasteiger charge is 2.41. The Morgan fingerprint density at radius 2 is 2.00 bits per heavy atom. The molecule has 1 aromatic rings. The standard InChI is InChI=1S/C13H16FNO3/c1-9(12(16)15-7-13(2,17)8-15)18-11-5-3-10(14)4-6-11/h3-6,9,17H,7-8H2,1-2H3. The minimum atomic E-state index is -0.786. The molecule has 1 aromatic carbocycles. The summed E-state index contributed by atoms with van der Waals surface area (Å²) in [5, 5.41) is 9.56. The lowest BCUT2D eigenvalue weighted by atomic mass is 9.96. The maximum atomic E-state index is 12.7. The summed E-state index contributed by atoms with van der Waals surface area (Å²) in [6, 6.07) is 5.51. The number of nitrogens with zero attached hydrogens (tertiary/aromatic N) is 1. The van der Waals surface area contributed by atoms with Crippen molar-refractivity contribution in [2.75, 3.05) is 13.1 Å². The quantitative estimate of drug-likeness (QED) is 0.880. The number of hydrogen-bond acceptors (Lipinski definition) is 3. The number of likely N-dealkylation sites (tertiary alicyclic amines) is 1. The Bertz CT molecular complexity index is 436. The molecule has 0 radical (unpaired) electrons. The third kappa shape index (κ3) is 2.79. The second kappa shape index (κ2) is 4.57. The van der Waals surface area contributed by atoms with Crippen LogP contribution in [0.25, 0.3) is 0 Å². The number of hydrogen-bond donors (Lipinski definition) is 1. The predicted molar refractivity (Wildman–Crippen MR) is 63.7 cm³/mol. The van der Waals surface area contributed by atoms with Crippen LogP contribution in [0, 0.1) is 5.82 Å². The van der Waals surface area contributed by atoms with Crippen molar-refractivity contribution in [2.45, 2.75) is 25.6 Å². The Labute approximate surface area is 105 Å². The molecule has 0 aliphatic carbocycles. The molecule has 0 saturated carbocycles. The van der Waals surface area contributed by atoms with E-state index in [-0.39, 0.29) is 11.7 Å². The third-order valence-electron chi connectivity index (χ3n) is 2.85. The fraction of sp³-hybridized carbons (Fsp3) is 0.462. The molecule has 0 aromatic heterocycles. The maximum absolute atomic E-state index is 12.7. The lowest BCUT2D eigenvalue weighted by molar-refractivity contribution is -0.158. The maximum Gasteiger partial charge on any atom is 0.263 e. The number of aliphatic hydroxyl groups is 1. The van der Waals surface area contributed by atoms with E-state index in [4.69, 9.17) is 4.74 Å². The van der Waals surface area contributed by atoms with Crippen molar-refractivity contribution in [2.24, 2.45) is 0 Å². The number of carbonyl (C=O) groups excluding carboxylic acids is 1. The third-order valence-corrected chi connectivity index (χ3v) is 2.85. The molecule has 1 aliphatic rings. The fourth-order valence-corrected chi connectivity index (χ4v) is 1.96. The van der Waals surface area contributed by atoms with Crippen LogP contribution in [-0.2, 0) is 4.79 Å². The Morgan fingerprint density at radius 3 is 2.50 bits per heavy atom. The lowest BCUT2D eigenvalue weighted by Gasteiger charge is -2.44. The van der Waals surface area contributed by atoms with Crippen molar-refractivity contribution < 1.29 is 19.0 Å². The predicted octanol–water partition coefficient (Wildman–Crippen LogP) is 1.19. The van der Waals surface area contributed by atoms with E-state index in [0.29, 0.717) is 18.8 Å². The van der Waals surface area contributed by atoms with Gasteiger partial charge in [-0.05, 0) is 38.1 Å². The molecule has 18 heavy (non-hydrogen) atoms. The Morgan fingerprint density at radius 1 is 1.44 bits per heavy atom. The Hall–Kier alpha value is -1.62. The van der Waals surface area contributed by atoms with E-state index < -0.39 is 11.7 Å². The molecular formula is C13H16FNO3. The average Bonchev–Trinajstić information content (AvgIpc) is 2.28. The van der Waals surface area contributed by atoms with E-state index >= 15 is 0 Å². The topological polar surface area (TPSA) is 49.8 Å². The minimum Gasteiger partial charge on any atom is -0.481 e. The summed E-state index contributed by atoms with van der Waals surface area (Å²) in [5.41, 5.74) is -0.786. The van der Waals surface area contributed by atoms with Gasteiger partial charge in [0.25, 0.3) is 5.91 Å². The first-order valence-electron chi connectivity index (χ1n) is 5.81. The highest BCUT2D eigenvalue weighted by molar-refractivity contribution is 5.82.